The second kappa shape index (κ2) is 5.69. The standard InChI is InChI=1S/C19H16N2O2/c1-3-13-6-5-7-14(4-2)17(13)21-18(22)15-9-8-12(11-20)10-16(15)19(21)23/h5-10H,3-4H2,1-2H3. The van der Waals surface area contributed by atoms with E-state index in [0.29, 0.717) is 22.4 Å². The lowest BCUT2D eigenvalue weighted by Crippen LogP contribution is -2.31. The van der Waals surface area contributed by atoms with E-state index in [1.165, 1.54) is 11.0 Å². The monoisotopic (exact) mass is 304 g/mol. The minimum Gasteiger partial charge on any atom is -0.268 e. The van der Waals surface area contributed by atoms with E-state index in [0.717, 1.165) is 24.0 Å². The molecule has 0 unspecified atom stereocenters. The first-order valence-electron chi connectivity index (χ1n) is 7.66. The molecule has 0 spiro atoms. The Hall–Kier alpha value is -2.93. The van der Waals surface area contributed by atoms with Gasteiger partial charge in [-0.05, 0) is 42.2 Å². The SMILES string of the molecule is CCc1cccc(CC)c1N1C(=O)c2ccc(C#N)cc2C1=O. The van der Waals surface area contributed by atoms with Crippen LogP contribution >= 0.6 is 0 Å². The summed E-state index contributed by atoms with van der Waals surface area (Å²) < 4.78 is 0. The number of fused-ring (bicyclic) bond motifs is 1. The van der Waals surface area contributed by atoms with Crippen LogP contribution in [0.4, 0.5) is 5.69 Å². The van der Waals surface area contributed by atoms with Gasteiger partial charge < -0.3 is 0 Å². The molecule has 0 saturated carbocycles. The molecule has 2 aromatic carbocycles. The highest BCUT2D eigenvalue weighted by atomic mass is 16.2. The fourth-order valence-corrected chi connectivity index (χ4v) is 3.02. The fourth-order valence-electron chi connectivity index (χ4n) is 3.02. The number of carbonyl (C=O) groups is 2. The number of hydrogen-bond donors (Lipinski definition) is 0. The summed E-state index contributed by atoms with van der Waals surface area (Å²) in [5.74, 6) is -0.664. The minimum atomic E-state index is -0.349. The minimum absolute atomic E-state index is 0.307. The summed E-state index contributed by atoms with van der Waals surface area (Å²) >= 11 is 0. The van der Waals surface area contributed by atoms with Gasteiger partial charge in [-0.1, -0.05) is 32.0 Å². The molecule has 23 heavy (non-hydrogen) atoms. The molecule has 0 bridgehead atoms. The van der Waals surface area contributed by atoms with E-state index in [4.69, 9.17) is 5.26 Å². The number of benzene rings is 2. The van der Waals surface area contributed by atoms with Crippen molar-refractivity contribution in [3.8, 4) is 6.07 Å². The molecular weight excluding hydrogens is 288 g/mol. The largest absolute Gasteiger partial charge is 0.268 e. The molecule has 1 heterocycles. The van der Waals surface area contributed by atoms with E-state index in [9.17, 15) is 9.59 Å². The number of rotatable bonds is 3. The second-order valence-electron chi connectivity index (χ2n) is 5.45. The Morgan fingerprint density at radius 2 is 1.57 bits per heavy atom. The molecule has 0 aromatic heterocycles. The van der Waals surface area contributed by atoms with Gasteiger partial charge in [-0.25, -0.2) is 4.90 Å². The van der Waals surface area contributed by atoms with Crippen LogP contribution in [-0.4, -0.2) is 11.8 Å². The summed E-state index contributed by atoms with van der Waals surface area (Å²) in [5.41, 5.74) is 3.69. The first kappa shape index (κ1) is 15.0. The molecule has 3 rings (SSSR count). The molecule has 2 amide bonds. The zero-order valence-corrected chi connectivity index (χ0v) is 13.1. The average molecular weight is 304 g/mol. The van der Waals surface area contributed by atoms with Crippen LogP contribution in [0.1, 0.15) is 51.3 Å². The van der Waals surface area contributed by atoms with Gasteiger partial charge >= 0.3 is 0 Å². The molecule has 0 aliphatic carbocycles. The van der Waals surface area contributed by atoms with Crippen molar-refractivity contribution in [1.29, 1.82) is 5.26 Å². The Morgan fingerprint density at radius 3 is 2.13 bits per heavy atom. The van der Waals surface area contributed by atoms with Crippen LogP contribution in [0.5, 0.6) is 0 Å². The third-order valence-electron chi connectivity index (χ3n) is 4.20. The lowest BCUT2D eigenvalue weighted by atomic mass is 10.0. The molecule has 0 saturated heterocycles. The number of aryl methyl sites for hydroxylation is 2. The van der Waals surface area contributed by atoms with Crippen LogP contribution < -0.4 is 4.90 Å². The first-order valence-corrected chi connectivity index (χ1v) is 7.66. The lowest BCUT2D eigenvalue weighted by Gasteiger charge is -2.21. The molecule has 1 aliphatic heterocycles. The number of hydrogen-bond acceptors (Lipinski definition) is 3. The van der Waals surface area contributed by atoms with E-state index in [1.807, 2.05) is 38.1 Å². The zero-order valence-electron chi connectivity index (χ0n) is 13.1. The molecule has 0 atom stereocenters. The van der Waals surface area contributed by atoms with Gasteiger partial charge in [0.25, 0.3) is 11.8 Å². The van der Waals surface area contributed by atoms with Gasteiger partial charge in [-0.2, -0.15) is 5.26 Å². The maximum atomic E-state index is 12.8. The second-order valence-corrected chi connectivity index (χ2v) is 5.45. The van der Waals surface area contributed by atoms with Gasteiger partial charge in [0.2, 0.25) is 0 Å². The maximum absolute atomic E-state index is 12.8. The summed E-state index contributed by atoms with van der Waals surface area (Å²) in [6.45, 7) is 4.01. The zero-order chi connectivity index (χ0) is 16.6. The molecular formula is C19H16N2O2. The molecule has 0 radical (unpaired) electrons. The molecule has 1 aliphatic rings. The Labute approximate surface area is 135 Å². The van der Waals surface area contributed by atoms with Gasteiger partial charge in [0.1, 0.15) is 0 Å². The Morgan fingerprint density at radius 1 is 0.957 bits per heavy atom. The Balaban J connectivity index is 2.19. The van der Waals surface area contributed by atoms with Gasteiger partial charge in [-0.15, -0.1) is 0 Å². The summed E-state index contributed by atoms with van der Waals surface area (Å²) in [5, 5.41) is 9.01. The van der Waals surface area contributed by atoms with Crippen molar-refractivity contribution >= 4 is 17.5 Å². The topological polar surface area (TPSA) is 61.2 Å². The number of anilines is 1. The quantitative estimate of drug-likeness (QED) is 0.816. The predicted molar refractivity (Wildman–Crippen MR) is 87.5 cm³/mol. The maximum Gasteiger partial charge on any atom is 0.266 e. The highest BCUT2D eigenvalue weighted by Crippen LogP contribution is 2.34. The fraction of sp³-hybridized carbons (Fsp3) is 0.211. The molecule has 4 heteroatoms. The summed E-state index contributed by atoms with van der Waals surface area (Å²) in [6, 6.07) is 12.5. The van der Waals surface area contributed by atoms with Crippen molar-refractivity contribution in [2.24, 2.45) is 0 Å². The van der Waals surface area contributed by atoms with Crippen molar-refractivity contribution < 1.29 is 9.59 Å². The summed E-state index contributed by atoms with van der Waals surface area (Å²) in [4.78, 5) is 26.8. The van der Waals surface area contributed by atoms with Crippen molar-refractivity contribution in [2.75, 3.05) is 4.90 Å². The van der Waals surface area contributed by atoms with Crippen LogP contribution in [0.3, 0.4) is 0 Å². The molecule has 0 N–H and O–H groups in total. The Kier molecular flexibility index (Phi) is 3.71. The predicted octanol–water partition coefficient (Wildman–Crippen LogP) is 3.48. The lowest BCUT2D eigenvalue weighted by molar-refractivity contribution is 0.0925. The summed E-state index contributed by atoms with van der Waals surface area (Å²) in [6.07, 6.45) is 1.47. The van der Waals surface area contributed by atoms with Crippen molar-refractivity contribution in [1.82, 2.24) is 0 Å². The number of nitrogens with zero attached hydrogens (tertiary/aromatic N) is 2. The number of carbonyl (C=O) groups excluding carboxylic acids is 2. The molecule has 2 aromatic rings. The highest BCUT2D eigenvalue weighted by Gasteiger charge is 2.38. The number of imide groups is 1. The van der Waals surface area contributed by atoms with Crippen LogP contribution in [-0.2, 0) is 12.8 Å². The van der Waals surface area contributed by atoms with Gasteiger partial charge in [-0.3, -0.25) is 9.59 Å². The third-order valence-corrected chi connectivity index (χ3v) is 4.20. The number of amides is 2. The van der Waals surface area contributed by atoms with Crippen molar-refractivity contribution in [2.45, 2.75) is 26.7 Å². The van der Waals surface area contributed by atoms with Crippen molar-refractivity contribution in [3.05, 3.63) is 64.2 Å². The van der Waals surface area contributed by atoms with Crippen molar-refractivity contribution in [3.63, 3.8) is 0 Å². The molecule has 0 fully saturated rings. The van der Waals surface area contributed by atoms with Crippen LogP contribution in [0.2, 0.25) is 0 Å². The first-order chi connectivity index (χ1) is 11.1. The average Bonchev–Trinajstić information content (AvgIpc) is 2.84. The van der Waals surface area contributed by atoms with Crippen LogP contribution in [0, 0.1) is 11.3 Å². The van der Waals surface area contributed by atoms with Crippen LogP contribution in [0.15, 0.2) is 36.4 Å². The molecule has 4 nitrogen and oxygen atoms in total. The van der Waals surface area contributed by atoms with Gasteiger partial charge in [0.05, 0.1) is 28.4 Å². The normalized spacial score (nSPS) is 13.2. The third kappa shape index (κ3) is 2.22. The Bertz CT molecular complexity index is 840. The molecule has 114 valence electrons. The van der Waals surface area contributed by atoms with Gasteiger partial charge in [0.15, 0.2) is 0 Å². The van der Waals surface area contributed by atoms with Crippen LogP contribution in [0.25, 0.3) is 0 Å². The highest BCUT2D eigenvalue weighted by molar-refractivity contribution is 6.35. The van der Waals surface area contributed by atoms with E-state index in [-0.39, 0.29) is 11.8 Å². The number of nitriles is 1. The van der Waals surface area contributed by atoms with E-state index >= 15 is 0 Å². The van der Waals surface area contributed by atoms with E-state index in [1.54, 1.807) is 12.1 Å². The van der Waals surface area contributed by atoms with Gasteiger partial charge in [0, 0.05) is 0 Å². The summed E-state index contributed by atoms with van der Waals surface area (Å²) in [7, 11) is 0. The van der Waals surface area contributed by atoms with E-state index < -0.39 is 0 Å². The van der Waals surface area contributed by atoms with E-state index in [2.05, 4.69) is 0 Å². The smallest absolute Gasteiger partial charge is 0.266 e. The number of para-hydroxylation sites is 1.